The molecule has 3 atom stereocenters. The Kier molecular flexibility index (Phi) is 5.71. The minimum Gasteiger partial charge on any atom is -0.392 e. The number of aliphatic hydroxyl groups excluding tert-OH is 2. The van der Waals surface area contributed by atoms with Gasteiger partial charge in [0.25, 0.3) is 5.56 Å². The fourth-order valence-corrected chi connectivity index (χ4v) is 3.91. The molecule has 1 aliphatic heterocycles. The maximum Gasteiger partial charge on any atom is 0.261 e. The van der Waals surface area contributed by atoms with Gasteiger partial charge in [0, 0.05) is 6.04 Å². The van der Waals surface area contributed by atoms with Crippen LogP contribution in [0, 0.1) is 5.82 Å². The summed E-state index contributed by atoms with van der Waals surface area (Å²) < 4.78 is 14.9. The summed E-state index contributed by atoms with van der Waals surface area (Å²) in [5.41, 5.74) is 1.69. The number of benzene rings is 2. The highest BCUT2D eigenvalue weighted by atomic mass is 19.1. The lowest BCUT2D eigenvalue weighted by Crippen LogP contribution is -2.47. The maximum atomic E-state index is 13.5. The molecule has 1 aromatic heterocycles. The van der Waals surface area contributed by atoms with Crippen LogP contribution >= 0.6 is 0 Å². The minimum absolute atomic E-state index is 0.0941. The molecule has 1 unspecified atom stereocenters. The highest BCUT2D eigenvalue weighted by Crippen LogP contribution is 2.23. The lowest BCUT2D eigenvalue weighted by Gasteiger charge is -2.30. The molecule has 29 heavy (non-hydrogen) atoms. The highest BCUT2D eigenvalue weighted by Gasteiger charge is 2.25. The third-order valence-corrected chi connectivity index (χ3v) is 5.46. The molecule has 0 aliphatic carbocycles. The molecule has 0 saturated carbocycles. The Labute approximate surface area is 167 Å². The van der Waals surface area contributed by atoms with Gasteiger partial charge in [-0.1, -0.05) is 18.2 Å². The van der Waals surface area contributed by atoms with Crippen LogP contribution in [0.1, 0.15) is 19.3 Å². The molecule has 4 rings (SSSR count). The third kappa shape index (κ3) is 4.37. The second-order valence-corrected chi connectivity index (χ2v) is 7.60. The van der Waals surface area contributed by atoms with Crippen molar-refractivity contribution in [1.82, 2.24) is 14.9 Å². The Hall–Kier alpha value is -2.61. The number of nitrogens with zero attached hydrogens (tertiary/aromatic N) is 2. The van der Waals surface area contributed by atoms with Crippen LogP contribution in [0.2, 0.25) is 0 Å². The molecule has 0 spiro atoms. The molecule has 0 bridgehead atoms. The zero-order chi connectivity index (χ0) is 20.4. The largest absolute Gasteiger partial charge is 0.392 e. The summed E-state index contributed by atoms with van der Waals surface area (Å²) in [5.74, 6) is -0.340. The molecular weight excluding hydrogens is 373 g/mol. The Morgan fingerprint density at radius 1 is 1.24 bits per heavy atom. The van der Waals surface area contributed by atoms with Crippen molar-refractivity contribution in [2.45, 2.75) is 44.1 Å². The van der Waals surface area contributed by atoms with E-state index < -0.39 is 12.2 Å². The monoisotopic (exact) mass is 397 g/mol. The van der Waals surface area contributed by atoms with E-state index in [2.05, 4.69) is 10.3 Å². The van der Waals surface area contributed by atoms with Crippen molar-refractivity contribution >= 4 is 10.9 Å². The molecule has 3 aromatic rings. The quantitative estimate of drug-likeness (QED) is 0.614. The summed E-state index contributed by atoms with van der Waals surface area (Å²) in [7, 11) is 0. The predicted octanol–water partition coefficient (Wildman–Crippen LogP) is 2.07. The fraction of sp³-hybridized carbons (Fsp3) is 0.364. The zero-order valence-corrected chi connectivity index (χ0v) is 16.0. The Balaban J connectivity index is 1.58. The Morgan fingerprint density at radius 3 is 2.86 bits per heavy atom. The van der Waals surface area contributed by atoms with E-state index in [4.69, 9.17) is 0 Å². The molecule has 1 aliphatic rings. The van der Waals surface area contributed by atoms with Crippen molar-refractivity contribution in [3.05, 3.63) is 65.0 Å². The van der Waals surface area contributed by atoms with Crippen LogP contribution in [0.4, 0.5) is 4.39 Å². The Bertz CT molecular complexity index is 1070. The first kappa shape index (κ1) is 19.7. The van der Waals surface area contributed by atoms with Gasteiger partial charge >= 0.3 is 0 Å². The van der Waals surface area contributed by atoms with E-state index in [1.807, 2.05) is 0 Å². The summed E-state index contributed by atoms with van der Waals surface area (Å²) in [6.07, 6.45) is 2.14. The summed E-state index contributed by atoms with van der Waals surface area (Å²) in [6, 6.07) is 11.3. The van der Waals surface area contributed by atoms with Crippen molar-refractivity contribution in [2.75, 3.05) is 6.54 Å². The summed E-state index contributed by atoms with van der Waals surface area (Å²) in [5, 5.41) is 24.1. The van der Waals surface area contributed by atoms with Crippen LogP contribution in [-0.2, 0) is 6.54 Å². The maximum absolute atomic E-state index is 13.5. The van der Waals surface area contributed by atoms with E-state index in [0.29, 0.717) is 29.3 Å². The van der Waals surface area contributed by atoms with Gasteiger partial charge in [-0.25, -0.2) is 9.37 Å². The number of halogens is 1. The number of hydrogen-bond acceptors (Lipinski definition) is 5. The van der Waals surface area contributed by atoms with Crippen LogP contribution in [0.15, 0.2) is 53.6 Å². The first-order valence-electron chi connectivity index (χ1n) is 9.86. The zero-order valence-electron chi connectivity index (χ0n) is 16.0. The van der Waals surface area contributed by atoms with Gasteiger partial charge < -0.3 is 15.5 Å². The van der Waals surface area contributed by atoms with Crippen LogP contribution in [0.25, 0.3) is 22.0 Å². The molecule has 0 amide bonds. The molecule has 3 N–H and O–H groups in total. The average Bonchev–Trinajstić information content (AvgIpc) is 2.72. The summed E-state index contributed by atoms with van der Waals surface area (Å²) >= 11 is 0. The van der Waals surface area contributed by atoms with Crippen LogP contribution in [0.3, 0.4) is 0 Å². The lowest BCUT2D eigenvalue weighted by atomic mass is 9.96. The van der Waals surface area contributed by atoms with Crippen molar-refractivity contribution in [2.24, 2.45) is 0 Å². The van der Waals surface area contributed by atoms with E-state index in [0.717, 1.165) is 18.5 Å². The minimum atomic E-state index is -0.788. The molecule has 1 saturated heterocycles. The molecule has 2 aromatic carbocycles. The number of aromatic nitrogens is 2. The van der Waals surface area contributed by atoms with Crippen molar-refractivity contribution in [3.8, 4) is 11.1 Å². The van der Waals surface area contributed by atoms with Crippen LogP contribution < -0.4 is 10.9 Å². The van der Waals surface area contributed by atoms with Gasteiger partial charge in [-0.2, -0.15) is 0 Å². The molecular formula is C22H24FN3O3. The predicted molar refractivity (Wildman–Crippen MR) is 109 cm³/mol. The molecule has 2 heterocycles. The van der Waals surface area contributed by atoms with E-state index in [9.17, 15) is 19.4 Å². The van der Waals surface area contributed by atoms with Gasteiger partial charge in [-0.15, -0.1) is 0 Å². The van der Waals surface area contributed by atoms with E-state index >= 15 is 0 Å². The van der Waals surface area contributed by atoms with E-state index in [1.54, 1.807) is 30.3 Å². The first-order chi connectivity index (χ1) is 14.0. The van der Waals surface area contributed by atoms with Gasteiger partial charge in [0.15, 0.2) is 0 Å². The number of aliphatic hydroxyl groups is 2. The summed E-state index contributed by atoms with van der Waals surface area (Å²) in [6.45, 7) is 0.908. The number of rotatable bonds is 5. The van der Waals surface area contributed by atoms with E-state index in [1.165, 1.54) is 23.0 Å². The molecule has 7 heteroatoms. The van der Waals surface area contributed by atoms with Crippen LogP contribution in [0.5, 0.6) is 0 Å². The summed E-state index contributed by atoms with van der Waals surface area (Å²) in [4.78, 5) is 17.3. The van der Waals surface area contributed by atoms with Gasteiger partial charge in [-0.3, -0.25) is 9.36 Å². The molecule has 6 nitrogen and oxygen atoms in total. The highest BCUT2D eigenvalue weighted by molar-refractivity contribution is 5.83. The fourth-order valence-electron chi connectivity index (χ4n) is 3.91. The van der Waals surface area contributed by atoms with Crippen LogP contribution in [-0.4, -0.2) is 44.6 Å². The topological polar surface area (TPSA) is 87.4 Å². The number of hydrogen-bond donors (Lipinski definition) is 3. The SMILES string of the molecule is O=c1c2cc(-c3cccc(F)c3)ccc2ncn1CC(O)C[C@H]1NCCC[C@@H]1O. The van der Waals surface area contributed by atoms with Gasteiger partial charge in [0.1, 0.15) is 5.82 Å². The first-order valence-corrected chi connectivity index (χ1v) is 9.86. The van der Waals surface area contributed by atoms with Gasteiger partial charge in [0.2, 0.25) is 0 Å². The molecule has 152 valence electrons. The lowest BCUT2D eigenvalue weighted by molar-refractivity contribution is 0.0539. The standard InChI is InChI=1S/C22H24FN3O3/c23-16-4-1-3-14(9-16)15-6-7-19-18(10-15)22(29)26(13-25-19)12-17(27)11-20-21(28)5-2-8-24-20/h1,3-4,6-7,9-10,13,17,20-21,24,27-28H,2,5,8,11-12H2/t17?,20-,21+/m1/s1. The van der Waals surface area contributed by atoms with E-state index in [-0.39, 0.29) is 24.0 Å². The average molecular weight is 397 g/mol. The molecule has 1 fully saturated rings. The second-order valence-electron chi connectivity index (χ2n) is 7.60. The second kappa shape index (κ2) is 8.41. The van der Waals surface area contributed by atoms with Gasteiger partial charge in [0.05, 0.1) is 36.0 Å². The normalized spacial score (nSPS) is 20.7. The molecule has 0 radical (unpaired) electrons. The number of piperidine rings is 1. The number of nitrogens with one attached hydrogen (secondary N) is 1. The smallest absolute Gasteiger partial charge is 0.261 e. The third-order valence-electron chi connectivity index (χ3n) is 5.46. The van der Waals surface area contributed by atoms with Crippen molar-refractivity contribution < 1.29 is 14.6 Å². The Morgan fingerprint density at radius 2 is 2.07 bits per heavy atom. The van der Waals surface area contributed by atoms with Crippen molar-refractivity contribution in [1.29, 1.82) is 0 Å². The van der Waals surface area contributed by atoms with Gasteiger partial charge in [-0.05, 0) is 61.2 Å². The number of fused-ring (bicyclic) bond motifs is 1. The van der Waals surface area contributed by atoms with Crippen molar-refractivity contribution in [3.63, 3.8) is 0 Å².